The number of carbonyl (C=O) groups is 2. The second-order valence-electron chi connectivity index (χ2n) is 8.31. The predicted octanol–water partition coefficient (Wildman–Crippen LogP) is 6.31. The second-order valence-corrected chi connectivity index (χ2v) is 8.31. The number of esters is 1. The molecule has 0 aromatic carbocycles. The SMILES string of the molecule is C=CCC(CC1CCCCC1)C(=O)O.C=CCOC(=O)CCC1CCCCC1. The summed E-state index contributed by atoms with van der Waals surface area (Å²) < 4.78 is 4.93. The lowest BCUT2D eigenvalue weighted by Gasteiger charge is -2.23. The van der Waals surface area contributed by atoms with Crippen molar-refractivity contribution in [2.24, 2.45) is 17.8 Å². The summed E-state index contributed by atoms with van der Waals surface area (Å²) in [4.78, 5) is 22.1. The summed E-state index contributed by atoms with van der Waals surface area (Å²) in [5.41, 5.74) is 0. The first-order valence-electron chi connectivity index (χ1n) is 11.2. The van der Waals surface area contributed by atoms with Crippen LogP contribution in [0.1, 0.15) is 89.9 Å². The van der Waals surface area contributed by atoms with Gasteiger partial charge in [0.05, 0.1) is 5.92 Å². The van der Waals surface area contributed by atoms with Gasteiger partial charge in [-0.3, -0.25) is 9.59 Å². The van der Waals surface area contributed by atoms with E-state index in [2.05, 4.69) is 13.2 Å². The van der Waals surface area contributed by atoms with Crippen LogP contribution in [0.15, 0.2) is 25.3 Å². The molecule has 2 fully saturated rings. The van der Waals surface area contributed by atoms with E-state index in [4.69, 9.17) is 9.84 Å². The number of carbonyl (C=O) groups excluding carboxylic acids is 1. The van der Waals surface area contributed by atoms with Crippen LogP contribution in [0.25, 0.3) is 0 Å². The third-order valence-corrected chi connectivity index (χ3v) is 5.99. The van der Waals surface area contributed by atoms with Crippen molar-refractivity contribution >= 4 is 11.9 Å². The van der Waals surface area contributed by atoms with Crippen LogP contribution in [0.5, 0.6) is 0 Å². The van der Waals surface area contributed by atoms with Gasteiger partial charge in [-0.15, -0.1) is 6.58 Å². The molecule has 2 saturated carbocycles. The zero-order chi connectivity index (χ0) is 20.6. The van der Waals surface area contributed by atoms with E-state index in [1.807, 2.05) is 0 Å². The number of rotatable bonds is 10. The molecule has 4 nitrogen and oxygen atoms in total. The highest BCUT2D eigenvalue weighted by atomic mass is 16.5. The number of allylic oxidation sites excluding steroid dienone is 1. The van der Waals surface area contributed by atoms with E-state index in [0.29, 0.717) is 25.4 Å². The molecule has 1 unspecified atom stereocenters. The van der Waals surface area contributed by atoms with Crippen molar-refractivity contribution in [2.45, 2.75) is 89.9 Å². The number of carboxylic acids is 1. The molecule has 0 aromatic heterocycles. The second kappa shape index (κ2) is 15.4. The molecule has 0 radical (unpaired) electrons. The molecule has 160 valence electrons. The van der Waals surface area contributed by atoms with E-state index < -0.39 is 5.97 Å². The van der Waals surface area contributed by atoms with E-state index in [0.717, 1.165) is 18.8 Å². The fraction of sp³-hybridized carbons (Fsp3) is 0.750. The Hall–Kier alpha value is -1.58. The lowest BCUT2D eigenvalue weighted by Crippen LogP contribution is -2.18. The van der Waals surface area contributed by atoms with Gasteiger partial charge in [0.1, 0.15) is 6.61 Å². The molecule has 0 spiro atoms. The van der Waals surface area contributed by atoms with Crippen LogP contribution in [-0.2, 0) is 14.3 Å². The summed E-state index contributed by atoms with van der Waals surface area (Å²) in [6.45, 7) is 7.47. The van der Waals surface area contributed by atoms with Crippen molar-refractivity contribution in [3.63, 3.8) is 0 Å². The van der Waals surface area contributed by atoms with Crippen LogP contribution in [0.2, 0.25) is 0 Å². The van der Waals surface area contributed by atoms with Gasteiger partial charge in [0, 0.05) is 6.42 Å². The number of carboxylic acid groups (broad SMARTS) is 1. The number of hydrogen-bond acceptors (Lipinski definition) is 3. The minimum atomic E-state index is -0.657. The highest BCUT2D eigenvalue weighted by Crippen LogP contribution is 2.30. The maximum atomic E-state index is 11.2. The topological polar surface area (TPSA) is 63.6 Å². The molecule has 4 heteroatoms. The standard InChI is InChI=1S/2C12H20O2/c1-2-10-14-12(13)9-8-11-6-4-3-5-7-11;1-2-6-11(12(13)14)9-10-7-4-3-5-8-10/h2,11H,1,3-10H2;2,10-11H,1,3-9H2,(H,13,14). The summed E-state index contributed by atoms with van der Waals surface area (Å²) >= 11 is 0. The molecule has 0 heterocycles. The largest absolute Gasteiger partial charge is 0.481 e. The lowest BCUT2D eigenvalue weighted by atomic mass is 9.82. The number of hydrogen-bond donors (Lipinski definition) is 1. The van der Waals surface area contributed by atoms with Gasteiger partial charge in [-0.1, -0.05) is 82.9 Å². The van der Waals surface area contributed by atoms with E-state index in [1.54, 1.807) is 12.2 Å². The van der Waals surface area contributed by atoms with Crippen LogP contribution >= 0.6 is 0 Å². The molecule has 1 atom stereocenters. The Morgan fingerprint density at radius 1 is 0.929 bits per heavy atom. The Balaban J connectivity index is 0.000000280. The van der Waals surface area contributed by atoms with E-state index in [-0.39, 0.29) is 11.9 Å². The van der Waals surface area contributed by atoms with Crippen LogP contribution in [0, 0.1) is 17.8 Å². The molecule has 0 amide bonds. The average Bonchev–Trinajstić information content (AvgIpc) is 2.72. The van der Waals surface area contributed by atoms with E-state index in [1.165, 1.54) is 64.2 Å². The van der Waals surface area contributed by atoms with Gasteiger partial charge in [-0.2, -0.15) is 0 Å². The van der Waals surface area contributed by atoms with Gasteiger partial charge in [0.25, 0.3) is 0 Å². The van der Waals surface area contributed by atoms with Gasteiger partial charge in [0.2, 0.25) is 0 Å². The fourth-order valence-corrected chi connectivity index (χ4v) is 4.35. The molecule has 2 aliphatic carbocycles. The Labute approximate surface area is 171 Å². The van der Waals surface area contributed by atoms with Crippen LogP contribution in [-0.4, -0.2) is 23.7 Å². The van der Waals surface area contributed by atoms with Crippen molar-refractivity contribution in [1.29, 1.82) is 0 Å². The number of ether oxygens (including phenoxy) is 1. The molecule has 2 rings (SSSR count). The zero-order valence-electron chi connectivity index (χ0n) is 17.6. The molecule has 0 bridgehead atoms. The zero-order valence-corrected chi connectivity index (χ0v) is 17.6. The van der Waals surface area contributed by atoms with Crippen molar-refractivity contribution in [3.8, 4) is 0 Å². The van der Waals surface area contributed by atoms with Crippen LogP contribution < -0.4 is 0 Å². The Morgan fingerprint density at radius 2 is 1.50 bits per heavy atom. The summed E-state index contributed by atoms with van der Waals surface area (Å²) in [5, 5.41) is 8.99. The lowest BCUT2D eigenvalue weighted by molar-refractivity contribution is -0.143. The van der Waals surface area contributed by atoms with E-state index in [9.17, 15) is 9.59 Å². The normalized spacial score (nSPS) is 19.0. The van der Waals surface area contributed by atoms with Gasteiger partial charge >= 0.3 is 11.9 Å². The first kappa shape index (κ1) is 24.5. The maximum Gasteiger partial charge on any atom is 0.306 e. The predicted molar refractivity (Wildman–Crippen MR) is 114 cm³/mol. The minimum absolute atomic E-state index is 0.0736. The first-order valence-corrected chi connectivity index (χ1v) is 11.2. The van der Waals surface area contributed by atoms with E-state index >= 15 is 0 Å². The van der Waals surface area contributed by atoms with Crippen LogP contribution in [0.3, 0.4) is 0 Å². The summed E-state index contributed by atoms with van der Waals surface area (Å²) in [7, 11) is 0. The van der Waals surface area contributed by atoms with Gasteiger partial charge in [-0.25, -0.2) is 0 Å². The first-order chi connectivity index (χ1) is 13.6. The van der Waals surface area contributed by atoms with Gasteiger partial charge in [-0.05, 0) is 31.1 Å². The maximum absolute atomic E-state index is 11.2. The summed E-state index contributed by atoms with van der Waals surface area (Å²) in [6, 6.07) is 0. The average molecular weight is 393 g/mol. The third-order valence-electron chi connectivity index (χ3n) is 5.99. The quantitative estimate of drug-likeness (QED) is 0.349. The van der Waals surface area contributed by atoms with Gasteiger partial charge in [0.15, 0.2) is 0 Å². The summed E-state index contributed by atoms with van der Waals surface area (Å²) in [5.74, 6) is 0.478. The number of aliphatic carboxylic acids is 1. The Kier molecular flexibility index (Phi) is 13.4. The fourth-order valence-electron chi connectivity index (χ4n) is 4.35. The monoisotopic (exact) mass is 392 g/mol. The molecular weight excluding hydrogens is 352 g/mol. The molecule has 2 aliphatic rings. The third kappa shape index (κ3) is 11.3. The van der Waals surface area contributed by atoms with Crippen molar-refractivity contribution < 1.29 is 19.4 Å². The molecule has 0 saturated heterocycles. The Morgan fingerprint density at radius 3 is 2.00 bits per heavy atom. The van der Waals surface area contributed by atoms with Crippen molar-refractivity contribution in [2.75, 3.05) is 6.61 Å². The smallest absolute Gasteiger partial charge is 0.306 e. The van der Waals surface area contributed by atoms with Gasteiger partial charge < -0.3 is 9.84 Å². The molecule has 1 N–H and O–H groups in total. The molecular formula is C24H40O4. The molecule has 0 aliphatic heterocycles. The summed E-state index contributed by atoms with van der Waals surface area (Å²) in [6.07, 6.45) is 19.4. The molecule has 0 aromatic rings. The van der Waals surface area contributed by atoms with Crippen LogP contribution in [0.4, 0.5) is 0 Å². The highest BCUT2D eigenvalue weighted by Gasteiger charge is 2.22. The van der Waals surface area contributed by atoms with Crippen molar-refractivity contribution in [1.82, 2.24) is 0 Å². The Bertz CT molecular complexity index is 457. The highest BCUT2D eigenvalue weighted by molar-refractivity contribution is 5.70. The minimum Gasteiger partial charge on any atom is -0.481 e. The van der Waals surface area contributed by atoms with Crippen molar-refractivity contribution in [3.05, 3.63) is 25.3 Å². The molecule has 28 heavy (non-hydrogen) atoms.